The minimum atomic E-state index is -4.61. The molecule has 0 saturated carbocycles. The second-order valence-electron chi connectivity index (χ2n) is 7.67. The van der Waals surface area contributed by atoms with Crippen LogP contribution in [0.4, 0.5) is 29.6 Å². The van der Waals surface area contributed by atoms with E-state index in [1.54, 1.807) is 19.1 Å². The number of ketones is 1. The van der Waals surface area contributed by atoms with Crippen molar-refractivity contribution in [2.45, 2.75) is 39.3 Å². The van der Waals surface area contributed by atoms with Crippen LogP contribution in [-0.4, -0.2) is 31.4 Å². The summed E-state index contributed by atoms with van der Waals surface area (Å²) >= 11 is 0. The molecule has 4 N–H and O–H groups in total. The van der Waals surface area contributed by atoms with Gasteiger partial charge >= 0.3 is 12.2 Å². The van der Waals surface area contributed by atoms with Gasteiger partial charge in [-0.1, -0.05) is 31.2 Å². The number of nitrogens with one attached hydrogen (secondary N) is 2. The van der Waals surface area contributed by atoms with Crippen molar-refractivity contribution in [2.24, 2.45) is 0 Å². The van der Waals surface area contributed by atoms with E-state index in [-0.39, 0.29) is 23.3 Å². The summed E-state index contributed by atoms with van der Waals surface area (Å²) in [6.45, 7) is 5.07. The van der Waals surface area contributed by atoms with Crippen LogP contribution in [-0.2, 0) is 6.18 Å². The number of rotatable bonds is 7. The molecule has 0 fully saturated rings. The first-order valence-corrected chi connectivity index (χ1v) is 10.6. The highest BCUT2D eigenvalue weighted by Crippen LogP contribution is 2.29. The number of pyridine rings is 1. The van der Waals surface area contributed by atoms with Gasteiger partial charge in [0.1, 0.15) is 29.0 Å². The summed E-state index contributed by atoms with van der Waals surface area (Å²) in [5.74, 6) is -0.299. The Morgan fingerprint density at radius 2 is 2.03 bits per heavy atom. The van der Waals surface area contributed by atoms with E-state index in [1.807, 2.05) is 19.1 Å². The molecule has 0 aliphatic heterocycles. The van der Waals surface area contributed by atoms with Gasteiger partial charge in [-0.25, -0.2) is 19.3 Å². The van der Waals surface area contributed by atoms with Gasteiger partial charge in [-0.05, 0) is 30.7 Å². The van der Waals surface area contributed by atoms with Gasteiger partial charge in [-0.2, -0.15) is 18.3 Å². The lowest BCUT2D eigenvalue weighted by Gasteiger charge is -2.11. The number of nitrogens with two attached hydrogens (primary N) is 1. The van der Waals surface area contributed by atoms with Crippen molar-refractivity contribution in [3.05, 3.63) is 71.5 Å². The number of halogens is 3. The van der Waals surface area contributed by atoms with Gasteiger partial charge in [-0.3, -0.25) is 10.1 Å². The molecule has 1 atom stereocenters. The SMILES string of the molecule is C/C=C(\C/C=C\C(C)c1cc(C(C)=O)n2ncnc(N)c12)NC(=O)Nc1cccc(C(F)(F)F)n1. The highest BCUT2D eigenvalue weighted by atomic mass is 19.4. The Hall–Kier alpha value is -4.22. The Kier molecular flexibility index (Phi) is 7.52. The number of fused-ring (bicyclic) bond motifs is 1. The fourth-order valence-corrected chi connectivity index (χ4v) is 3.39. The third-order valence-corrected chi connectivity index (χ3v) is 5.13. The lowest BCUT2D eigenvalue weighted by atomic mass is 10.0. The zero-order chi connectivity index (χ0) is 25.8. The van der Waals surface area contributed by atoms with Crippen LogP contribution in [0.1, 0.15) is 54.9 Å². The maximum atomic E-state index is 12.8. The number of nitrogens with zero attached hydrogens (tertiary/aromatic N) is 4. The molecule has 2 amide bonds. The van der Waals surface area contributed by atoms with Crippen LogP contribution in [0.3, 0.4) is 0 Å². The van der Waals surface area contributed by atoms with Crippen molar-refractivity contribution >= 4 is 29.0 Å². The maximum absolute atomic E-state index is 12.8. The number of nitrogen functional groups attached to an aromatic ring is 1. The highest BCUT2D eigenvalue weighted by Gasteiger charge is 2.32. The molecule has 3 rings (SSSR count). The molecule has 0 saturated heterocycles. The van der Waals surface area contributed by atoms with Gasteiger partial charge in [0.05, 0.1) is 0 Å². The standard InChI is InChI=1S/C23H24F3N7O2/c1-4-15(30-22(35)32-19-10-6-9-18(31-19)23(24,25)26)8-5-7-13(2)16-11-17(14(3)34)33-20(16)21(27)28-12-29-33/h4-7,9-13H,8H2,1-3H3,(H2,27,28,29)(H2,30,31,32,35)/b7-5-,15-4+. The Bertz CT molecular complexity index is 1310. The third kappa shape index (κ3) is 6.02. The molecular formula is C23H24F3N7O2. The predicted molar refractivity (Wildman–Crippen MR) is 125 cm³/mol. The summed E-state index contributed by atoms with van der Waals surface area (Å²) < 4.78 is 39.9. The van der Waals surface area contributed by atoms with Crippen LogP contribution >= 0.6 is 0 Å². The van der Waals surface area contributed by atoms with Gasteiger partial charge in [0.15, 0.2) is 11.6 Å². The van der Waals surface area contributed by atoms with Crippen molar-refractivity contribution in [3.63, 3.8) is 0 Å². The molecule has 0 bridgehead atoms. The molecule has 9 nitrogen and oxygen atoms in total. The van der Waals surface area contributed by atoms with Crippen LogP contribution in [0.2, 0.25) is 0 Å². The number of Topliss-reactive ketones (excluding diaryl/α,β-unsaturated/α-hetero) is 1. The number of carbonyl (C=O) groups excluding carboxylic acids is 2. The average molecular weight is 487 g/mol. The molecule has 0 aliphatic carbocycles. The summed E-state index contributed by atoms with van der Waals surface area (Å²) in [4.78, 5) is 31.7. The normalized spacial score (nSPS) is 13.3. The van der Waals surface area contributed by atoms with E-state index in [1.165, 1.54) is 23.8 Å². The maximum Gasteiger partial charge on any atom is 0.433 e. The lowest BCUT2D eigenvalue weighted by molar-refractivity contribution is -0.141. The van der Waals surface area contributed by atoms with Gasteiger partial charge in [-0.15, -0.1) is 0 Å². The molecule has 1 unspecified atom stereocenters. The van der Waals surface area contributed by atoms with Crippen molar-refractivity contribution in [1.82, 2.24) is 24.9 Å². The molecule has 0 aromatic carbocycles. The van der Waals surface area contributed by atoms with Crippen LogP contribution < -0.4 is 16.4 Å². The number of hydrogen-bond acceptors (Lipinski definition) is 6. The van der Waals surface area contributed by atoms with Gasteiger partial charge < -0.3 is 11.1 Å². The fraction of sp³-hybridized carbons (Fsp3) is 0.261. The zero-order valence-electron chi connectivity index (χ0n) is 19.2. The molecule has 35 heavy (non-hydrogen) atoms. The number of urea groups is 1. The molecule has 3 aromatic heterocycles. The average Bonchev–Trinajstić information content (AvgIpc) is 3.19. The number of anilines is 2. The molecular weight excluding hydrogens is 463 g/mol. The number of carbonyl (C=O) groups is 2. The van der Waals surface area contributed by atoms with Crippen molar-refractivity contribution < 1.29 is 22.8 Å². The van der Waals surface area contributed by atoms with Crippen LogP contribution in [0.15, 0.2) is 54.5 Å². The van der Waals surface area contributed by atoms with Crippen LogP contribution in [0.5, 0.6) is 0 Å². The molecule has 184 valence electrons. The quantitative estimate of drug-likeness (QED) is 0.327. The monoisotopic (exact) mass is 487 g/mol. The van der Waals surface area contributed by atoms with E-state index in [0.717, 1.165) is 17.7 Å². The van der Waals surface area contributed by atoms with E-state index in [9.17, 15) is 22.8 Å². The Morgan fingerprint density at radius 1 is 1.29 bits per heavy atom. The largest absolute Gasteiger partial charge is 0.433 e. The van der Waals surface area contributed by atoms with E-state index >= 15 is 0 Å². The summed E-state index contributed by atoms with van der Waals surface area (Å²) in [6.07, 6.45) is 2.37. The first kappa shape index (κ1) is 25.4. The van der Waals surface area contributed by atoms with E-state index in [0.29, 0.717) is 23.3 Å². The third-order valence-electron chi connectivity index (χ3n) is 5.13. The van der Waals surface area contributed by atoms with Crippen LogP contribution in [0, 0.1) is 0 Å². The predicted octanol–water partition coefficient (Wildman–Crippen LogP) is 4.70. The Labute approximate surface area is 198 Å². The van der Waals surface area contributed by atoms with Crippen molar-refractivity contribution in [2.75, 3.05) is 11.1 Å². The zero-order valence-corrected chi connectivity index (χ0v) is 19.2. The summed E-state index contributed by atoms with van der Waals surface area (Å²) in [7, 11) is 0. The second kappa shape index (κ2) is 10.4. The number of aromatic nitrogens is 4. The number of allylic oxidation sites excluding steroid dienone is 3. The van der Waals surface area contributed by atoms with Crippen molar-refractivity contribution in [3.8, 4) is 0 Å². The summed E-state index contributed by atoms with van der Waals surface area (Å²) in [5.41, 5.74) is 7.15. The second-order valence-corrected chi connectivity index (χ2v) is 7.67. The Balaban J connectivity index is 1.67. The molecule has 12 heteroatoms. The molecule has 3 aromatic rings. The first-order chi connectivity index (χ1) is 16.5. The highest BCUT2D eigenvalue weighted by molar-refractivity contribution is 5.95. The molecule has 3 heterocycles. The van der Waals surface area contributed by atoms with Gasteiger partial charge in [0.25, 0.3) is 0 Å². The van der Waals surface area contributed by atoms with E-state index < -0.39 is 17.9 Å². The van der Waals surface area contributed by atoms with Gasteiger partial charge in [0.2, 0.25) is 0 Å². The fourth-order valence-electron chi connectivity index (χ4n) is 3.39. The number of hydrogen-bond donors (Lipinski definition) is 3. The lowest BCUT2D eigenvalue weighted by Crippen LogP contribution is -2.28. The minimum absolute atomic E-state index is 0.160. The number of amides is 2. The minimum Gasteiger partial charge on any atom is -0.382 e. The van der Waals surface area contributed by atoms with Crippen LogP contribution in [0.25, 0.3) is 5.52 Å². The molecule has 0 aliphatic rings. The van der Waals surface area contributed by atoms with Crippen molar-refractivity contribution in [1.29, 1.82) is 0 Å². The van der Waals surface area contributed by atoms with E-state index in [2.05, 4.69) is 25.7 Å². The molecule has 0 radical (unpaired) electrons. The Morgan fingerprint density at radius 3 is 2.69 bits per heavy atom. The molecule has 0 spiro atoms. The van der Waals surface area contributed by atoms with E-state index in [4.69, 9.17) is 5.73 Å². The first-order valence-electron chi connectivity index (χ1n) is 10.6. The summed E-state index contributed by atoms with van der Waals surface area (Å²) in [5, 5.41) is 9.01. The topological polar surface area (TPSA) is 127 Å². The van der Waals surface area contributed by atoms with Gasteiger partial charge in [0, 0.05) is 25.0 Å². The summed E-state index contributed by atoms with van der Waals surface area (Å²) in [6, 6.07) is 4.24. The number of alkyl halides is 3. The smallest absolute Gasteiger partial charge is 0.382 e.